The number of aromatic nitrogens is 1. The fourth-order valence-corrected chi connectivity index (χ4v) is 1.16. The van der Waals surface area contributed by atoms with Gasteiger partial charge in [-0.2, -0.15) is 0 Å². The van der Waals surface area contributed by atoms with Crippen LogP contribution in [0.4, 0.5) is 4.39 Å². The van der Waals surface area contributed by atoms with Gasteiger partial charge in [0.1, 0.15) is 6.61 Å². The molecule has 75 valence electrons. The monoisotopic (exact) mass is 202 g/mol. The maximum absolute atomic E-state index is 13.1. The summed E-state index contributed by atoms with van der Waals surface area (Å²) in [5.41, 5.74) is 0.903. The smallest absolute Gasteiger partial charge is 0.172 e. The minimum atomic E-state index is -0.471. The van der Waals surface area contributed by atoms with Gasteiger partial charge in [-0.3, -0.25) is 4.98 Å². The molecule has 0 amide bonds. The molecule has 0 spiro atoms. The minimum absolute atomic E-state index is 0.210. The Morgan fingerprint density at radius 1 is 1.33 bits per heavy atom. The third-order valence-electron chi connectivity index (χ3n) is 1.89. The van der Waals surface area contributed by atoms with Crippen LogP contribution in [0.15, 0.2) is 42.7 Å². The van der Waals surface area contributed by atoms with E-state index in [4.69, 9.17) is 4.74 Å². The molecule has 0 aliphatic carbocycles. The van der Waals surface area contributed by atoms with Crippen molar-refractivity contribution in [3.05, 3.63) is 60.2 Å². The van der Waals surface area contributed by atoms with Crippen LogP contribution in [-0.2, 0) is 6.61 Å². The molecule has 1 aromatic heterocycles. The summed E-state index contributed by atoms with van der Waals surface area (Å²) in [6, 6.07) is 10.9. The standard InChI is InChI=1S/C12H9FNO/c13-11-5-1-2-6-12(11)15-9-10-4-3-7-14-8-10/h1-4,6-8H,9H2. The Kier molecular flexibility index (Phi) is 2.93. The van der Waals surface area contributed by atoms with Gasteiger partial charge < -0.3 is 4.74 Å². The van der Waals surface area contributed by atoms with Gasteiger partial charge >= 0.3 is 0 Å². The van der Waals surface area contributed by atoms with Crippen molar-refractivity contribution in [3.63, 3.8) is 0 Å². The van der Waals surface area contributed by atoms with Gasteiger partial charge in [-0.1, -0.05) is 18.2 Å². The van der Waals surface area contributed by atoms with Crippen LogP contribution in [0.5, 0.6) is 5.75 Å². The van der Waals surface area contributed by atoms with Crippen molar-refractivity contribution < 1.29 is 9.13 Å². The van der Waals surface area contributed by atoms with Crippen LogP contribution in [0.1, 0.15) is 5.56 Å². The second-order valence-corrected chi connectivity index (χ2v) is 3.00. The zero-order chi connectivity index (χ0) is 10.5. The third kappa shape index (κ3) is 2.53. The van der Waals surface area contributed by atoms with E-state index in [1.54, 1.807) is 24.5 Å². The molecule has 0 bridgehead atoms. The van der Waals surface area contributed by atoms with E-state index in [0.29, 0.717) is 6.61 Å². The normalized spacial score (nSPS) is 9.93. The van der Waals surface area contributed by atoms with E-state index < -0.39 is 5.82 Å². The Morgan fingerprint density at radius 3 is 3.00 bits per heavy atom. The summed E-state index contributed by atoms with van der Waals surface area (Å²) in [6.45, 7) is 0.308. The molecule has 2 nitrogen and oxygen atoms in total. The number of rotatable bonds is 3. The first-order valence-corrected chi connectivity index (χ1v) is 4.54. The van der Waals surface area contributed by atoms with Crippen LogP contribution in [-0.4, -0.2) is 4.98 Å². The summed E-state index contributed by atoms with van der Waals surface area (Å²) in [5.74, 6) is -0.261. The maximum Gasteiger partial charge on any atom is 0.172 e. The second kappa shape index (κ2) is 4.55. The predicted molar refractivity (Wildman–Crippen MR) is 53.8 cm³/mol. The van der Waals surface area contributed by atoms with E-state index in [1.165, 1.54) is 6.07 Å². The number of benzene rings is 1. The lowest BCUT2D eigenvalue weighted by Crippen LogP contribution is -1.97. The molecule has 3 heteroatoms. The number of hydrogen-bond donors (Lipinski definition) is 0. The van der Waals surface area contributed by atoms with Gasteiger partial charge in [-0.05, 0) is 12.1 Å². The topological polar surface area (TPSA) is 22.1 Å². The molecule has 2 aromatic rings. The fourth-order valence-electron chi connectivity index (χ4n) is 1.16. The quantitative estimate of drug-likeness (QED) is 0.763. The molecule has 0 aliphatic heterocycles. The zero-order valence-corrected chi connectivity index (χ0v) is 7.98. The van der Waals surface area contributed by atoms with Crippen molar-refractivity contribution in [2.45, 2.75) is 6.61 Å². The molecular weight excluding hydrogens is 193 g/mol. The molecule has 1 radical (unpaired) electrons. The van der Waals surface area contributed by atoms with E-state index >= 15 is 0 Å². The van der Waals surface area contributed by atoms with Crippen LogP contribution in [0.25, 0.3) is 0 Å². The molecular formula is C12H9FNO. The van der Waals surface area contributed by atoms with E-state index in [0.717, 1.165) is 5.56 Å². The second-order valence-electron chi connectivity index (χ2n) is 3.00. The van der Waals surface area contributed by atoms with Crippen molar-refractivity contribution in [2.24, 2.45) is 0 Å². The Morgan fingerprint density at radius 2 is 2.27 bits per heavy atom. The van der Waals surface area contributed by atoms with E-state index in [9.17, 15) is 4.39 Å². The number of pyridine rings is 1. The van der Waals surface area contributed by atoms with Gasteiger partial charge in [0.05, 0.1) is 0 Å². The molecule has 0 fully saturated rings. The highest BCUT2D eigenvalue weighted by molar-refractivity contribution is 5.23. The molecule has 2 rings (SSSR count). The first kappa shape index (κ1) is 9.65. The lowest BCUT2D eigenvalue weighted by molar-refractivity contribution is 0.289. The summed E-state index contributed by atoms with van der Waals surface area (Å²) in [6.07, 6.45) is 3.37. The fraction of sp³-hybridized carbons (Fsp3) is 0.0833. The first-order chi connectivity index (χ1) is 7.36. The average molecular weight is 202 g/mol. The third-order valence-corrected chi connectivity index (χ3v) is 1.89. The maximum atomic E-state index is 13.1. The Labute approximate surface area is 87.4 Å². The minimum Gasteiger partial charge on any atom is -0.486 e. The Balaban J connectivity index is 2.03. The van der Waals surface area contributed by atoms with Crippen molar-refractivity contribution in [1.29, 1.82) is 0 Å². The number of hydrogen-bond acceptors (Lipinski definition) is 2. The lowest BCUT2D eigenvalue weighted by atomic mass is 10.3. The molecule has 0 saturated carbocycles. The van der Waals surface area contributed by atoms with Gasteiger partial charge in [-0.15, -0.1) is 0 Å². The number of ether oxygens (including phenoxy) is 1. The van der Waals surface area contributed by atoms with Gasteiger partial charge in [0.2, 0.25) is 0 Å². The Bertz CT molecular complexity index is 431. The molecule has 0 aliphatic rings. The van der Waals surface area contributed by atoms with Gasteiger partial charge in [0.15, 0.2) is 11.6 Å². The van der Waals surface area contributed by atoms with Gasteiger partial charge in [0.25, 0.3) is 0 Å². The Hall–Kier alpha value is -1.90. The molecule has 1 aromatic carbocycles. The van der Waals surface area contributed by atoms with E-state index in [1.807, 2.05) is 12.1 Å². The van der Waals surface area contributed by atoms with Crippen LogP contribution in [0.2, 0.25) is 0 Å². The van der Waals surface area contributed by atoms with Crippen LogP contribution < -0.4 is 4.74 Å². The van der Waals surface area contributed by atoms with Crippen LogP contribution in [0.3, 0.4) is 0 Å². The highest BCUT2D eigenvalue weighted by Crippen LogP contribution is 2.16. The SMILES string of the molecule is Fc1[c]cccc1OCc1cccnc1. The predicted octanol–water partition coefficient (Wildman–Crippen LogP) is 2.60. The highest BCUT2D eigenvalue weighted by atomic mass is 19.1. The van der Waals surface area contributed by atoms with Crippen molar-refractivity contribution in [2.75, 3.05) is 0 Å². The van der Waals surface area contributed by atoms with Crippen molar-refractivity contribution in [3.8, 4) is 5.75 Å². The summed E-state index contributed by atoms with van der Waals surface area (Å²) in [7, 11) is 0. The van der Waals surface area contributed by atoms with E-state index in [2.05, 4.69) is 11.1 Å². The molecule has 0 atom stereocenters. The summed E-state index contributed by atoms with van der Waals surface area (Å²) < 4.78 is 18.4. The zero-order valence-electron chi connectivity index (χ0n) is 7.98. The van der Waals surface area contributed by atoms with Crippen molar-refractivity contribution in [1.82, 2.24) is 4.98 Å². The molecule has 0 saturated heterocycles. The molecule has 0 N–H and O–H groups in total. The average Bonchev–Trinajstić information content (AvgIpc) is 2.29. The van der Waals surface area contributed by atoms with Crippen LogP contribution >= 0.6 is 0 Å². The lowest BCUT2D eigenvalue weighted by Gasteiger charge is -2.05. The largest absolute Gasteiger partial charge is 0.486 e. The van der Waals surface area contributed by atoms with Crippen molar-refractivity contribution >= 4 is 0 Å². The highest BCUT2D eigenvalue weighted by Gasteiger charge is 2.01. The number of halogens is 1. The van der Waals surface area contributed by atoms with Gasteiger partial charge in [0, 0.05) is 24.0 Å². The van der Waals surface area contributed by atoms with Crippen LogP contribution in [0, 0.1) is 11.9 Å². The summed E-state index contributed by atoms with van der Waals surface area (Å²) in [5, 5.41) is 0. The number of nitrogens with zero attached hydrogens (tertiary/aromatic N) is 1. The molecule has 1 heterocycles. The molecule has 0 unspecified atom stereocenters. The van der Waals surface area contributed by atoms with Gasteiger partial charge in [-0.25, -0.2) is 4.39 Å². The first-order valence-electron chi connectivity index (χ1n) is 4.54. The summed E-state index contributed by atoms with van der Waals surface area (Å²) >= 11 is 0. The molecule has 15 heavy (non-hydrogen) atoms. The van der Waals surface area contributed by atoms with E-state index in [-0.39, 0.29) is 5.75 Å². The summed E-state index contributed by atoms with van der Waals surface area (Å²) in [4.78, 5) is 3.94.